The molecule has 0 bridgehead atoms. The van der Waals surface area contributed by atoms with E-state index in [1.165, 1.54) is 12.8 Å². The first-order valence-electron chi connectivity index (χ1n) is 7.59. The van der Waals surface area contributed by atoms with Gasteiger partial charge in [-0.15, -0.1) is 0 Å². The molecule has 1 fully saturated rings. The standard InChI is InChI=1S/C14H25N5O2/c1-10(2)21-14-18-12(15-3)17-13(19-14)16-7-4-8-20-9-11-5-6-11/h10-11H,4-9H2,1-3H3,(H2,15,16,17,18,19). The fraction of sp³-hybridized carbons (Fsp3) is 0.786. The zero-order valence-electron chi connectivity index (χ0n) is 13.1. The first-order chi connectivity index (χ1) is 10.2. The van der Waals surface area contributed by atoms with Gasteiger partial charge in [0, 0.05) is 26.8 Å². The summed E-state index contributed by atoms with van der Waals surface area (Å²) in [6, 6.07) is 0.330. The Balaban J connectivity index is 1.74. The molecule has 0 radical (unpaired) electrons. The molecule has 0 amide bonds. The van der Waals surface area contributed by atoms with E-state index in [9.17, 15) is 0 Å². The van der Waals surface area contributed by atoms with Crippen LogP contribution in [-0.4, -0.2) is 47.9 Å². The zero-order valence-corrected chi connectivity index (χ0v) is 13.1. The maximum absolute atomic E-state index is 5.59. The van der Waals surface area contributed by atoms with Crippen LogP contribution in [0.15, 0.2) is 0 Å². The lowest BCUT2D eigenvalue weighted by Gasteiger charge is -2.11. The second-order valence-corrected chi connectivity index (χ2v) is 5.48. The maximum Gasteiger partial charge on any atom is 0.323 e. The molecule has 1 heterocycles. The summed E-state index contributed by atoms with van der Waals surface area (Å²) >= 11 is 0. The summed E-state index contributed by atoms with van der Waals surface area (Å²) in [7, 11) is 1.77. The summed E-state index contributed by atoms with van der Waals surface area (Å²) in [6.45, 7) is 6.31. The van der Waals surface area contributed by atoms with Crippen LogP contribution in [0.2, 0.25) is 0 Å². The van der Waals surface area contributed by atoms with Crippen molar-refractivity contribution < 1.29 is 9.47 Å². The largest absolute Gasteiger partial charge is 0.461 e. The highest BCUT2D eigenvalue weighted by molar-refractivity contribution is 5.35. The Kier molecular flexibility index (Phi) is 5.98. The van der Waals surface area contributed by atoms with E-state index in [0.29, 0.717) is 17.9 Å². The van der Waals surface area contributed by atoms with Crippen molar-refractivity contribution in [3.05, 3.63) is 0 Å². The van der Waals surface area contributed by atoms with Gasteiger partial charge in [0.15, 0.2) is 0 Å². The smallest absolute Gasteiger partial charge is 0.323 e. The fourth-order valence-corrected chi connectivity index (χ4v) is 1.72. The summed E-state index contributed by atoms with van der Waals surface area (Å²) in [5.74, 6) is 1.83. The van der Waals surface area contributed by atoms with Gasteiger partial charge in [-0.05, 0) is 39.0 Å². The molecule has 2 rings (SSSR count). The number of anilines is 2. The van der Waals surface area contributed by atoms with Crippen LogP contribution in [0.3, 0.4) is 0 Å². The number of nitrogens with zero attached hydrogens (tertiary/aromatic N) is 3. The Morgan fingerprint density at radius 3 is 2.62 bits per heavy atom. The molecule has 0 atom stereocenters. The third kappa shape index (κ3) is 6.12. The van der Waals surface area contributed by atoms with E-state index in [0.717, 1.165) is 32.1 Å². The topological polar surface area (TPSA) is 81.2 Å². The van der Waals surface area contributed by atoms with Gasteiger partial charge < -0.3 is 20.1 Å². The predicted molar refractivity (Wildman–Crippen MR) is 81.8 cm³/mol. The molecule has 7 heteroatoms. The van der Waals surface area contributed by atoms with Gasteiger partial charge in [0.2, 0.25) is 11.9 Å². The average molecular weight is 295 g/mol. The minimum absolute atomic E-state index is 0.0285. The second kappa shape index (κ2) is 7.97. The van der Waals surface area contributed by atoms with E-state index in [-0.39, 0.29) is 6.10 Å². The molecular weight excluding hydrogens is 270 g/mol. The van der Waals surface area contributed by atoms with E-state index in [1.807, 2.05) is 13.8 Å². The molecule has 0 saturated heterocycles. The van der Waals surface area contributed by atoms with Gasteiger partial charge in [0.1, 0.15) is 0 Å². The number of hydrogen-bond donors (Lipinski definition) is 2. The molecule has 1 aliphatic carbocycles. The minimum atomic E-state index is 0.0285. The number of ether oxygens (including phenoxy) is 2. The van der Waals surface area contributed by atoms with Crippen LogP contribution in [0.4, 0.5) is 11.9 Å². The van der Waals surface area contributed by atoms with E-state index >= 15 is 0 Å². The molecule has 0 spiro atoms. The van der Waals surface area contributed by atoms with Crippen LogP contribution >= 0.6 is 0 Å². The highest BCUT2D eigenvalue weighted by Crippen LogP contribution is 2.28. The molecule has 2 N–H and O–H groups in total. The lowest BCUT2D eigenvalue weighted by atomic mass is 10.4. The molecule has 0 aliphatic heterocycles. The molecule has 1 aromatic heterocycles. The van der Waals surface area contributed by atoms with Crippen LogP contribution < -0.4 is 15.4 Å². The van der Waals surface area contributed by atoms with Crippen molar-refractivity contribution in [2.24, 2.45) is 5.92 Å². The highest BCUT2D eigenvalue weighted by Gasteiger charge is 2.20. The lowest BCUT2D eigenvalue weighted by molar-refractivity contribution is 0.124. The summed E-state index contributed by atoms with van der Waals surface area (Å²) in [6.07, 6.45) is 3.61. The molecule has 0 aromatic carbocycles. The van der Waals surface area contributed by atoms with Gasteiger partial charge >= 0.3 is 6.01 Å². The lowest BCUT2D eigenvalue weighted by Crippen LogP contribution is -2.14. The third-order valence-electron chi connectivity index (χ3n) is 2.98. The van der Waals surface area contributed by atoms with Gasteiger partial charge in [-0.1, -0.05) is 0 Å². The maximum atomic E-state index is 5.59. The molecular formula is C14H25N5O2. The first-order valence-corrected chi connectivity index (χ1v) is 7.59. The minimum Gasteiger partial charge on any atom is -0.461 e. The summed E-state index contributed by atoms with van der Waals surface area (Å²) < 4.78 is 11.1. The van der Waals surface area contributed by atoms with Crippen LogP contribution in [0, 0.1) is 5.92 Å². The normalized spacial score (nSPS) is 14.3. The van der Waals surface area contributed by atoms with E-state index in [4.69, 9.17) is 9.47 Å². The van der Waals surface area contributed by atoms with Crippen molar-refractivity contribution in [3.63, 3.8) is 0 Å². The Hall–Kier alpha value is -1.63. The second-order valence-electron chi connectivity index (χ2n) is 5.48. The predicted octanol–water partition coefficient (Wildman–Crippen LogP) is 1.93. The SMILES string of the molecule is CNc1nc(NCCCOCC2CC2)nc(OC(C)C)n1. The fourth-order valence-electron chi connectivity index (χ4n) is 1.72. The molecule has 1 aromatic rings. The number of hydrogen-bond acceptors (Lipinski definition) is 7. The number of rotatable bonds is 10. The molecule has 1 aliphatic rings. The van der Waals surface area contributed by atoms with Crippen LogP contribution in [0.5, 0.6) is 6.01 Å². The summed E-state index contributed by atoms with van der Waals surface area (Å²) in [5.41, 5.74) is 0. The van der Waals surface area contributed by atoms with Crippen molar-refractivity contribution in [2.45, 2.75) is 39.2 Å². The van der Waals surface area contributed by atoms with Crippen molar-refractivity contribution in [1.29, 1.82) is 0 Å². The molecule has 118 valence electrons. The quantitative estimate of drug-likeness (QED) is 0.638. The third-order valence-corrected chi connectivity index (χ3v) is 2.98. The van der Waals surface area contributed by atoms with Crippen molar-refractivity contribution >= 4 is 11.9 Å². The van der Waals surface area contributed by atoms with E-state index in [2.05, 4.69) is 25.6 Å². The van der Waals surface area contributed by atoms with Crippen LogP contribution in [0.25, 0.3) is 0 Å². The monoisotopic (exact) mass is 295 g/mol. The first kappa shape index (κ1) is 15.8. The molecule has 7 nitrogen and oxygen atoms in total. The van der Waals surface area contributed by atoms with Crippen molar-refractivity contribution in [3.8, 4) is 6.01 Å². The highest BCUT2D eigenvalue weighted by atomic mass is 16.5. The number of nitrogens with one attached hydrogen (secondary N) is 2. The van der Waals surface area contributed by atoms with Gasteiger partial charge in [0.25, 0.3) is 0 Å². The van der Waals surface area contributed by atoms with E-state index in [1.54, 1.807) is 7.05 Å². The Morgan fingerprint density at radius 1 is 1.19 bits per heavy atom. The molecule has 21 heavy (non-hydrogen) atoms. The molecule has 1 saturated carbocycles. The summed E-state index contributed by atoms with van der Waals surface area (Å²) in [5, 5.41) is 6.08. The Morgan fingerprint density at radius 2 is 1.95 bits per heavy atom. The van der Waals surface area contributed by atoms with Gasteiger partial charge in [-0.2, -0.15) is 15.0 Å². The van der Waals surface area contributed by atoms with Gasteiger partial charge in [0.05, 0.1) is 6.10 Å². The van der Waals surface area contributed by atoms with Crippen molar-refractivity contribution in [2.75, 3.05) is 37.4 Å². The summed E-state index contributed by atoms with van der Waals surface area (Å²) in [4.78, 5) is 12.6. The van der Waals surface area contributed by atoms with Gasteiger partial charge in [-0.25, -0.2) is 0 Å². The number of aromatic nitrogens is 3. The zero-order chi connectivity index (χ0) is 15.1. The molecule has 0 unspecified atom stereocenters. The van der Waals surface area contributed by atoms with Crippen molar-refractivity contribution in [1.82, 2.24) is 15.0 Å². The Labute approximate surface area is 125 Å². The van der Waals surface area contributed by atoms with Gasteiger partial charge in [-0.3, -0.25) is 0 Å². The Bertz CT molecular complexity index is 437. The van der Waals surface area contributed by atoms with Crippen LogP contribution in [0.1, 0.15) is 33.1 Å². The van der Waals surface area contributed by atoms with E-state index < -0.39 is 0 Å². The van der Waals surface area contributed by atoms with Crippen LogP contribution in [-0.2, 0) is 4.74 Å². The average Bonchev–Trinajstić information content (AvgIpc) is 3.25.